The molecule has 0 spiro atoms. The number of amides is 1. The fourth-order valence-electron chi connectivity index (χ4n) is 3.26. The number of hydrogen-bond donors (Lipinski definition) is 2. The molecule has 11 heteroatoms. The molecule has 2 heterocycles. The molecule has 2 aromatic heterocycles. The highest BCUT2D eigenvalue weighted by atomic mass is 32.1. The van der Waals surface area contributed by atoms with E-state index in [1.807, 2.05) is 6.92 Å². The first kappa shape index (κ1) is 24.2. The standard InChI is InChI=1S/C22H26FN5O4S/c1-3-5-10-28-20(24)19(21(30)26-22(28)31)27(4-2)18(29)11-15-13-33-17(25-15)12-32-16-8-6-14(23)7-9-16/h6-9,13H,3-5,10-12,24H2,1-2H3,(H,26,30,31). The number of carbonyl (C=O) groups is 1. The topological polar surface area (TPSA) is 123 Å². The number of likely N-dealkylation sites (N-methyl/N-ethyl adjacent to an activating group) is 1. The summed E-state index contributed by atoms with van der Waals surface area (Å²) in [5.74, 6) is -0.238. The summed E-state index contributed by atoms with van der Waals surface area (Å²) in [4.78, 5) is 45.6. The van der Waals surface area contributed by atoms with Gasteiger partial charge in [-0.25, -0.2) is 14.2 Å². The maximum Gasteiger partial charge on any atom is 0.330 e. The summed E-state index contributed by atoms with van der Waals surface area (Å²) in [5.41, 5.74) is 5.33. The van der Waals surface area contributed by atoms with Gasteiger partial charge in [0.05, 0.1) is 12.1 Å². The quantitative estimate of drug-likeness (QED) is 0.465. The summed E-state index contributed by atoms with van der Waals surface area (Å²) in [7, 11) is 0. The van der Waals surface area contributed by atoms with Crippen LogP contribution in [-0.2, 0) is 24.4 Å². The van der Waals surface area contributed by atoms with Gasteiger partial charge in [-0.3, -0.25) is 19.1 Å². The van der Waals surface area contributed by atoms with Crippen molar-refractivity contribution >= 4 is 28.7 Å². The molecule has 176 valence electrons. The van der Waals surface area contributed by atoms with Crippen LogP contribution >= 0.6 is 11.3 Å². The number of rotatable bonds is 10. The number of aromatic amines is 1. The highest BCUT2D eigenvalue weighted by Crippen LogP contribution is 2.20. The first-order valence-electron chi connectivity index (χ1n) is 10.6. The summed E-state index contributed by atoms with van der Waals surface area (Å²) in [6.07, 6.45) is 1.50. The van der Waals surface area contributed by atoms with Crippen molar-refractivity contribution in [2.75, 3.05) is 17.2 Å². The third-order valence-electron chi connectivity index (χ3n) is 4.94. The van der Waals surface area contributed by atoms with Gasteiger partial charge in [0.1, 0.15) is 29.0 Å². The number of aromatic nitrogens is 3. The number of carbonyl (C=O) groups excluding carboxylic acids is 1. The monoisotopic (exact) mass is 475 g/mol. The number of ether oxygens (including phenoxy) is 1. The number of nitrogens with zero attached hydrogens (tertiary/aromatic N) is 3. The Morgan fingerprint density at radius 3 is 2.67 bits per heavy atom. The van der Waals surface area contributed by atoms with Crippen LogP contribution < -0.4 is 26.6 Å². The van der Waals surface area contributed by atoms with Crippen LogP contribution in [0.3, 0.4) is 0 Å². The van der Waals surface area contributed by atoms with Crippen molar-refractivity contribution < 1.29 is 13.9 Å². The molecule has 0 saturated heterocycles. The molecule has 0 unspecified atom stereocenters. The molecule has 0 atom stereocenters. The average molecular weight is 476 g/mol. The largest absolute Gasteiger partial charge is 0.486 e. The van der Waals surface area contributed by atoms with Crippen LogP contribution in [-0.4, -0.2) is 27.0 Å². The molecule has 3 aromatic rings. The van der Waals surface area contributed by atoms with E-state index in [-0.39, 0.29) is 42.8 Å². The molecule has 3 N–H and O–H groups in total. The van der Waals surface area contributed by atoms with Crippen LogP contribution in [0.1, 0.15) is 37.4 Å². The summed E-state index contributed by atoms with van der Waals surface area (Å²) >= 11 is 1.33. The molecule has 0 bridgehead atoms. The number of hydrogen-bond acceptors (Lipinski definition) is 7. The molecule has 0 saturated carbocycles. The second kappa shape index (κ2) is 10.9. The zero-order valence-corrected chi connectivity index (χ0v) is 19.3. The Kier molecular flexibility index (Phi) is 7.99. The fraction of sp³-hybridized carbons (Fsp3) is 0.364. The van der Waals surface area contributed by atoms with Crippen molar-refractivity contribution in [3.05, 3.63) is 67.0 Å². The van der Waals surface area contributed by atoms with Crippen LogP contribution in [0.25, 0.3) is 0 Å². The lowest BCUT2D eigenvalue weighted by Crippen LogP contribution is -2.41. The Hall–Kier alpha value is -3.47. The number of thiazole rings is 1. The van der Waals surface area contributed by atoms with Crippen LogP contribution in [0.4, 0.5) is 15.9 Å². The number of nitrogens with one attached hydrogen (secondary N) is 1. The number of halogens is 1. The molecule has 33 heavy (non-hydrogen) atoms. The Labute approximate surface area is 193 Å². The molecular formula is C22H26FN5O4S. The first-order valence-corrected chi connectivity index (χ1v) is 11.5. The van der Waals surface area contributed by atoms with Crippen molar-refractivity contribution in [2.24, 2.45) is 0 Å². The Bertz CT molecular complexity index is 1220. The second-order valence-electron chi connectivity index (χ2n) is 7.29. The predicted octanol–water partition coefficient (Wildman–Crippen LogP) is 2.69. The van der Waals surface area contributed by atoms with Crippen molar-refractivity contribution in [2.45, 2.75) is 46.3 Å². The lowest BCUT2D eigenvalue weighted by molar-refractivity contribution is -0.118. The van der Waals surface area contributed by atoms with Crippen LogP contribution in [0, 0.1) is 5.82 Å². The number of unbranched alkanes of at least 4 members (excludes halogenated alkanes) is 1. The number of nitrogens with two attached hydrogens (primary N) is 1. The lowest BCUT2D eigenvalue weighted by Gasteiger charge is -2.23. The number of H-pyrrole nitrogens is 1. The van der Waals surface area contributed by atoms with E-state index in [0.29, 0.717) is 29.4 Å². The van der Waals surface area contributed by atoms with Crippen LogP contribution in [0.5, 0.6) is 5.75 Å². The SMILES string of the molecule is CCCCn1c(N)c(N(CC)C(=O)Cc2csc(COc3ccc(F)cc3)n2)c(=O)[nH]c1=O. The van der Waals surface area contributed by atoms with E-state index in [4.69, 9.17) is 10.5 Å². The van der Waals surface area contributed by atoms with E-state index in [1.54, 1.807) is 12.3 Å². The smallest absolute Gasteiger partial charge is 0.330 e. The molecule has 0 aliphatic heterocycles. The van der Waals surface area contributed by atoms with Gasteiger partial charge in [0.2, 0.25) is 5.91 Å². The minimum absolute atomic E-state index is 0.0286. The molecule has 0 radical (unpaired) electrons. The zero-order chi connectivity index (χ0) is 24.0. The van der Waals surface area contributed by atoms with E-state index < -0.39 is 11.2 Å². The molecule has 0 aliphatic rings. The van der Waals surface area contributed by atoms with Crippen LogP contribution in [0.2, 0.25) is 0 Å². The van der Waals surface area contributed by atoms with Gasteiger partial charge in [0.15, 0.2) is 5.69 Å². The summed E-state index contributed by atoms with van der Waals surface area (Å²) < 4.78 is 19.9. The maximum absolute atomic E-state index is 13.0. The first-order chi connectivity index (χ1) is 15.8. The zero-order valence-electron chi connectivity index (χ0n) is 18.5. The summed E-state index contributed by atoms with van der Waals surface area (Å²) in [6, 6.07) is 5.65. The third kappa shape index (κ3) is 5.86. The molecule has 3 rings (SSSR count). The van der Waals surface area contributed by atoms with Gasteiger partial charge < -0.3 is 15.4 Å². The molecular weight excluding hydrogens is 449 g/mol. The molecule has 9 nitrogen and oxygen atoms in total. The minimum Gasteiger partial charge on any atom is -0.486 e. The van der Waals surface area contributed by atoms with Gasteiger partial charge in [-0.1, -0.05) is 13.3 Å². The Balaban J connectivity index is 1.73. The highest BCUT2D eigenvalue weighted by Gasteiger charge is 2.23. The number of benzene rings is 1. The van der Waals surface area contributed by atoms with E-state index >= 15 is 0 Å². The number of nitrogen functional groups attached to an aromatic ring is 1. The fourth-order valence-corrected chi connectivity index (χ4v) is 3.96. The van der Waals surface area contributed by atoms with E-state index in [2.05, 4.69) is 9.97 Å². The van der Waals surface area contributed by atoms with E-state index in [1.165, 1.54) is 45.1 Å². The maximum atomic E-state index is 13.0. The van der Waals surface area contributed by atoms with Gasteiger partial charge in [-0.15, -0.1) is 11.3 Å². The van der Waals surface area contributed by atoms with Crippen molar-refractivity contribution in [1.29, 1.82) is 0 Å². The second-order valence-corrected chi connectivity index (χ2v) is 8.23. The molecule has 1 aromatic carbocycles. The summed E-state index contributed by atoms with van der Waals surface area (Å²) in [5, 5.41) is 2.39. The van der Waals surface area contributed by atoms with Crippen molar-refractivity contribution in [3.8, 4) is 5.75 Å². The van der Waals surface area contributed by atoms with Gasteiger partial charge in [0, 0.05) is 18.5 Å². The van der Waals surface area contributed by atoms with Crippen molar-refractivity contribution in [1.82, 2.24) is 14.5 Å². The lowest BCUT2D eigenvalue weighted by atomic mass is 10.2. The van der Waals surface area contributed by atoms with Gasteiger partial charge >= 0.3 is 5.69 Å². The Morgan fingerprint density at radius 1 is 1.27 bits per heavy atom. The van der Waals surface area contributed by atoms with Gasteiger partial charge in [-0.05, 0) is 37.6 Å². The highest BCUT2D eigenvalue weighted by molar-refractivity contribution is 7.09. The van der Waals surface area contributed by atoms with Crippen LogP contribution in [0.15, 0.2) is 39.2 Å². The molecule has 0 fully saturated rings. The molecule has 0 aliphatic carbocycles. The summed E-state index contributed by atoms with van der Waals surface area (Å²) in [6.45, 7) is 4.42. The normalized spacial score (nSPS) is 10.9. The van der Waals surface area contributed by atoms with Crippen molar-refractivity contribution in [3.63, 3.8) is 0 Å². The van der Waals surface area contributed by atoms with Gasteiger partial charge in [0.25, 0.3) is 5.56 Å². The minimum atomic E-state index is -0.702. The molecule has 1 amide bonds. The average Bonchev–Trinajstić information content (AvgIpc) is 3.23. The third-order valence-corrected chi connectivity index (χ3v) is 5.82. The predicted molar refractivity (Wildman–Crippen MR) is 125 cm³/mol. The van der Waals surface area contributed by atoms with E-state index in [0.717, 1.165) is 6.42 Å². The van der Waals surface area contributed by atoms with Gasteiger partial charge in [-0.2, -0.15) is 0 Å². The number of anilines is 2. The Morgan fingerprint density at radius 2 is 2.00 bits per heavy atom. The van der Waals surface area contributed by atoms with E-state index in [9.17, 15) is 18.8 Å².